The third-order valence-corrected chi connectivity index (χ3v) is 2.35. The summed E-state index contributed by atoms with van der Waals surface area (Å²) in [6.45, 7) is 1.36. The number of anilines is 1. The van der Waals surface area contributed by atoms with E-state index in [2.05, 4.69) is 21.2 Å². The quantitative estimate of drug-likeness (QED) is 0.882. The number of nitrogens with one attached hydrogen (secondary N) is 1. The minimum absolute atomic E-state index is 0.410. The zero-order valence-corrected chi connectivity index (χ0v) is 8.98. The van der Waals surface area contributed by atoms with Crippen molar-refractivity contribution in [3.8, 4) is 0 Å². The fourth-order valence-electron chi connectivity index (χ4n) is 0.915. The van der Waals surface area contributed by atoms with Gasteiger partial charge >= 0.3 is 0 Å². The van der Waals surface area contributed by atoms with Crippen LogP contribution in [0.2, 0.25) is 0 Å². The van der Waals surface area contributed by atoms with Gasteiger partial charge in [0.25, 0.3) is 6.43 Å². The molecule has 1 atom stereocenters. The van der Waals surface area contributed by atoms with E-state index in [0.29, 0.717) is 10.2 Å². The van der Waals surface area contributed by atoms with Crippen molar-refractivity contribution < 1.29 is 13.2 Å². The highest BCUT2D eigenvalue weighted by Gasteiger charge is 2.15. The zero-order chi connectivity index (χ0) is 10.7. The second-order valence-electron chi connectivity index (χ2n) is 2.89. The molecule has 0 bridgehead atoms. The molecule has 14 heavy (non-hydrogen) atoms. The topological polar surface area (TPSA) is 12.0 Å². The minimum atomic E-state index is -2.45. The summed E-state index contributed by atoms with van der Waals surface area (Å²) in [6, 6.07) is 2.89. The van der Waals surface area contributed by atoms with Gasteiger partial charge in [0.05, 0.1) is 6.04 Å². The highest BCUT2D eigenvalue weighted by molar-refractivity contribution is 9.10. The summed E-state index contributed by atoms with van der Waals surface area (Å²) in [5, 5.41) is 2.57. The van der Waals surface area contributed by atoms with Crippen molar-refractivity contribution in [2.75, 3.05) is 5.32 Å². The van der Waals surface area contributed by atoms with Crippen molar-refractivity contribution in [2.24, 2.45) is 0 Å². The Labute approximate surface area is 88.4 Å². The molecule has 1 aromatic rings. The van der Waals surface area contributed by atoms with E-state index in [4.69, 9.17) is 0 Å². The Kier molecular flexibility index (Phi) is 3.80. The van der Waals surface area contributed by atoms with Crippen LogP contribution < -0.4 is 5.32 Å². The van der Waals surface area contributed by atoms with Gasteiger partial charge in [-0.2, -0.15) is 0 Å². The molecular weight excluding hydrogens is 259 g/mol. The highest BCUT2D eigenvalue weighted by atomic mass is 79.9. The molecular formula is C9H9BrF3N. The van der Waals surface area contributed by atoms with Crippen LogP contribution in [-0.4, -0.2) is 12.5 Å². The van der Waals surface area contributed by atoms with E-state index in [1.165, 1.54) is 25.1 Å². The van der Waals surface area contributed by atoms with Crippen molar-refractivity contribution in [2.45, 2.75) is 19.4 Å². The van der Waals surface area contributed by atoms with Gasteiger partial charge in [-0.25, -0.2) is 13.2 Å². The van der Waals surface area contributed by atoms with Gasteiger partial charge in [-0.1, -0.05) is 0 Å². The monoisotopic (exact) mass is 267 g/mol. The molecule has 1 N–H and O–H groups in total. The smallest absolute Gasteiger partial charge is 0.258 e. The number of benzene rings is 1. The van der Waals surface area contributed by atoms with E-state index in [9.17, 15) is 13.2 Å². The molecule has 5 heteroatoms. The molecule has 0 heterocycles. The molecule has 0 saturated heterocycles. The number of alkyl halides is 2. The number of hydrogen-bond acceptors (Lipinski definition) is 1. The highest BCUT2D eigenvalue weighted by Crippen LogP contribution is 2.24. The summed E-state index contributed by atoms with van der Waals surface area (Å²) >= 11 is 3.08. The van der Waals surface area contributed by atoms with Gasteiger partial charge in [0.1, 0.15) is 5.82 Å². The molecule has 0 saturated carbocycles. The lowest BCUT2D eigenvalue weighted by molar-refractivity contribution is 0.130. The predicted molar refractivity (Wildman–Crippen MR) is 53.2 cm³/mol. The van der Waals surface area contributed by atoms with Gasteiger partial charge < -0.3 is 5.32 Å². The van der Waals surface area contributed by atoms with Crippen molar-refractivity contribution in [1.82, 2.24) is 0 Å². The van der Waals surface area contributed by atoms with E-state index in [1.807, 2.05) is 0 Å². The molecule has 0 aromatic heterocycles. The maximum atomic E-state index is 12.6. The largest absolute Gasteiger partial charge is 0.376 e. The van der Waals surface area contributed by atoms with Crippen molar-refractivity contribution in [1.29, 1.82) is 0 Å². The van der Waals surface area contributed by atoms with Gasteiger partial charge in [-0.15, -0.1) is 0 Å². The first kappa shape index (κ1) is 11.4. The first-order valence-corrected chi connectivity index (χ1v) is 4.79. The summed E-state index contributed by atoms with van der Waals surface area (Å²) in [5.74, 6) is -0.410. The first-order valence-electron chi connectivity index (χ1n) is 4.00. The Morgan fingerprint density at radius 2 is 2.00 bits per heavy atom. The lowest BCUT2D eigenvalue weighted by atomic mass is 10.2. The predicted octanol–water partition coefficient (Wildman–Crippen LogP) is 3.65. The average molecular weight is 268 g/mol. The lowest BCUT2D eigenvalue weighted by Crippen LogP contribution is -2.23. The molecule has 0 aliphatic rings. The molecule has 0 radical (unpaired) electrons. The van der Waals surface area contributed by atoms with Crippen molar-refractivity contribution in [3.05, 3.63) is 28.5 Å². The van der Waals surface area contributed by atoms with Crippen molar-refractivity contribution in [3.63, 3.8) is 0 Å². The maximum Gasteiger partial charge on any atom is 0.258 e. The van der Waals surface area contributed by atoms with Gasteiger partial charge in [-0.05, 0) is 41.1 Å². The third-order valence-electron chi connectivity index (χ3n) is 1.69. The minimum Gasteiger partial charge on any atom is -0.376 e. The number of halogens is 4. The maximum absolute atomic E-state index is 12.6. The van der Waals surface area contributed by atoms with Crippen LogP contribution in [-0.2, 0) is 0 Å². The van der Waals surface area contributed by atoms with E-state index < -0.39 is 18.3 Å². The Balaban J connectivity index is 2.77. The van der Waals surface area contributed by atoms with Gasteiger partial charge in [-0.3, -0.25) is 0 Å². The van der Waals surface area contributed by atoms with Crippen LogP contribution in [0, 0.1) is 5.82 Å². The molecule has 1 nitrogen and oxygen atoms in total. The standard InChI is InChI=1S/C9H9BrF3N/c1-5(9(12)13)14-8-3-2-6(11)4-7(8)10/h2-5,9,14H,1H3. The Hall–Kier alpha value is -0.710. The second kappa shape index (κ2) is 4.68. The Bertz CT molecular complexity index is 317. The SMILES string of the molecule is CC(Nc1ccc(F)cc1Br)C(F)F. The van der Waals surface area contributed by atoms with Crippen LogP contribution in [0.25, 0.3) is 0 Å². The fraction of sp³-hybridized carbons (Fsp3) is 0.333. The molecule has 1 rings (SSSR count). The molecule has 0 aliphatic heterocycles. The summed E-state index contributed by atoms with van der Waals surface area (Å²) in [6.07, 6.45) is -2.45. The summed E-state index contributed by atoms with van der Waals surface area (Å²) in [5.41, 5.74) is 0.458. The lowest BCUT2D eigenvalue weighted by Gasteiger charge is -2.15. The van der Waals surface area contributed by atoms with Crippen LogP contribution in [0.4, 0.5) is 18.9 Å². The normalized spacial score (nSPS) is 13.0. The molecule has 0 spiro atoms. The average Bonchev–Trinajstić information content (AvgIpc) is 2.09. The van der Waals surface area contributed by atoms with Crippen LogP contribution in [0.5, 0.6) is 0 Å². The van der Waals surface area contributed by atoms with Crippen molar-refractivity contribution >= 4 is 21.6 Å². The molecule has 1 aromatic carbocycles. The van der Waals surface area contributed by atoms with Gasteiger partial charge in [0.15, 0.2) is 0 Å². The Morgan fingerprint density at radius 3 is 2.50 bits per heavy atom. The van der Waals surface area contributed by atoms with Crippen LogP contribution in [0.15, 0.2) is 22.7 Å². The fourth-order valence-corrected chi connectivity index (χ4v) is 1.38. The van der Waals surface area contributed by atoms with E-state index >= 15 is 0 Å². The summed E-state index contributed by atoms with van der Waals surface area (Å²) < 4.78 is 37.4. The summed E-state index contributed by atoms with van der Waals surface area (Å²) in [7, 11) is 0. The molecule has 78 valence electrons. The van der Waals surface area contributed by atoms with Crippen LogP contribution in [0.1, 0.15) is 6.92 Å². The van der Waals surface area contributed by atoms with Crippen LogP contribution >= 0.6 is 15.9 Å². The second-order valence-corrected chi connectivity index (χ2v) is 3.75. The van der Waals surface area contributed by atoms with Crippen LogP contribution in [0.3, 0.4) is 0 Å². The van der Waals surface area contributed by atoms with E-state index in [1.54, 1.807) is 0 Å². The van der Waals surface area contributed by atoms with E-state index in [0.717, 1.165) is 0 Å². The number of rotatable bonds is 3. The first-order chi connectivity index (χ1) is 6.50. The van der Waals surface area contributed by atoms with Gasteiger partial charge in [0, 0.05) is 10.2 Å². The zero-order valence-electron chi connectivity index (χ0n) is 7.40. The third kappa shape index (κ3) is 2.90. The Morgan fingerprint density at radius 1 is 1.36 bits per heavy atom. The summed E-state index contributed by atoms with van der Waals surface area (Å²) in [4.78, 5) is 0. The van der Waals surface area contributed by atoms with Gasteiger partial charge in [0.2, 0.25) is 0 Å². The molecule has 0 fully saturated rings. The molecule has 0 aliphatic carbocycles. The number of hydrogen-bond donors (Lipinski definition) is 1. The van der Waals surface area contributed by atoms with E-state index in [-0.39, 0.29) is 0 Å². The molecule has 0 amide bonds. The molecule has 1 unspecified atom stereocenters.